The second kappa shape index (κ2) is 71.7. The zero-order valence-electron chi connectivity index (χ0n) is 64.8. The summed E-state index contributed by atoms with van der Waals surface area (Å²) in [7, 11) is -9.92. The van der Waals surface area contributed by atoms with Gasteiger partial charge in [-0.1, -0.05) is 369 Å². The van der Waals surface area contributed by atoms with Crippen molar-refractivity contribution in [2.75, 3.05) is 39.6 Å². The van der Waals surface area contributed by atoms with Gasteiger partial charge in [0.15, 0.2) is 12.2 Å². The van der Waals surface area contributed by atoms with Crippen LogP contribution in [0.2, 0.25) is 0 Å². The van der Waals surface area contributed by atoms with Crippen molar-refractivity contribution in [2.45, 2.75) is 439 Å². The van der Waals surface area contributed by atoms with Crippen molar-refractivity contribution in [3.05, 3.63) is 0 Å². The molecule has 0 aromatic heterocycles. The number of hydrogen-bond donors (Lipinski definition) is 3. The summed E-state index contributed by atoms with van der Waals surface area (Å²) in [5.41, 5.74) is 0. The molecule has 0 aromatic carbocycles. The number of ether oxygens (including phenoxy) is 4. The maximum absolute atomic E-state index is 13.1. The molecule has 0 radical (unpaired) electrons. The second-order valence-electron chi connectivity index (χ2n) is 29.8. The summed E-state index contributed by atoms with van der Waals surface area (Å²) >= 11 is 0. The minimum Gasteiger partial charge on any atom is -0.462 e. The Morgan fingerprint density at radius 3 is 0.687 bits per heavy atom. The number of aliphatic hydroxyl groups is 1. The number of rotatable bonds is 79. The molecular formula is C80H156O17P2. The van der Waals surface area contributed by atoms with E-state index in [1.807, 2.05) is 0 Å². The highest BCUT2D eigenvalue weighted by molar-refractivity contribution is 7.47. The molecule has 0 aliphatic carbocycles. The Morgan fingerprint density at radius 2 is 0.465 bits per heavy atom. The van der Waals surface area contributed by atoms with E-state index in [-0.39, 0.29) is 25.7 Å². The van der Waals surface area contributed by atoms with Crippen molar-refractivity contribution in [1.82, 2.24) is 0 Å². The van der Waals surface area contributed by atoms with E-state index < -0.39 is 97.5 Å². The molecule has 99 heavy (non-hydrogen) atoms. The number of carbonyl (C=O) groups excluding carboxylic acids is 4. The fraction of sp³-hybridized carbons (Fsp3) is 0.950. The van der Waals surface area contributed by atoms with Gasteiger partial charge in [-0.2, -0.15) is 0 Å². The minimum atomic E-state index is -4.96. The Kier molecular flexibility index (Phi) is 70.3. The topological polar surface area (TPSA) is 237 Å². The van der Waals surface area contributed by atoms with Crippen LogP contribution in [0.15, 0.2) is 0 Å². The van der Waals surface area contributed by atoms with E-state index in [1.54, 1.807) is 0 Å². The molecule has 17 nitrogen and oxygen atoms in total. The highest BCUT2D eigenvalue weighted by Crippen LogP contribution is 2.45. The number of phosphoric acid groups is 2. The number of carbonyl (C=O) groups is 4. The molecule has 0 bridgehead atoms. The van der Waals surface area contributed by atoms with Gasteiger partial charge in [-0.15, -0.1) is 0 Å². The molecule has 2 unspecified atom stereocenters. The van der Waals surface area contributed by atoms with Gasteiger partial charge in [0.1, 0.15) is 19.3 Å². The van der Waals surface area contributed by atoms with E-state index in [4.69, 9.17) is 37.0 Å². The number of aliphatic hydroxyl groups excluding tert-OH is 1. The summed E-state index contributed by atoms with van der Waals surface area (Å²) in [5, 5.41) is 10.6. The highest BCUT2D eigenvalue weighted by atomic mass is 31.2. The maximum atomic E-state index is 13.1. The first-order valence-corrected chi connectivity index (χ1v) is 44.5. The van der Waals surface area contributed by atoms with Gasteiger partial charge in [0.25, 0.3) is 0 Å². The normalized spacial score (nSPS) is 13.9. The van der Waals surface area contributed by atoms with Gasteiger partial charge in [-0.25, -0.2) is 9.13 Å². The van der Waals surface area contributed by atoms with E-state index >= 15 is 0 Å². The lowest BCUT2D eigenvalue weighted by Gasteiger charge is -2.21. The van der Waals surface area contributed by atoms with E-state index in [0.717, 1.165) is 102 Å². The van der Waals surface area contributed by atoms with Gasteiger partial charge >= 0.3 is 39.5 Å². The van der Waals surface area contributed by atoms with Gasteiger partial charge in [0.05, 0.1) is 26.4 Å². The first kappa shape index (κ1) is 97.1. The van der Waals surface area contributed by atoms with E-state index in [2.05, 4.69) is 41.5 Å². The van der Waals surface area contributed by atoms with Crippen LogP contribution in [0.5, 0.6) is 0 Å². The summed E-state index contributed by atoms with van der Waals surface area (Å²) in [5.74, 6) is -0.613. The average Bonchev–Trinajstić information content (AvgIpc) is 1.01. The van der Waals surface area contributed by atoms with Gasteiger partial charge in [0, 0.05) is 25.7 Å². The standard InChI is InChI=1S/C80H156O17P2/c1-7-9-11-13-15-17-19-20-21-22-23-24-25-26-27-28-29-35-39-46-52-58-64-79(84)96-75(68-91-78(83)63-57-51-45-38-34-31-30-33-36-42-48-54-60-72(3)4)70-94-98(86,87)92-66-74(81)67-93-99(88,89)95-71-76(97-80(85)65-59-53-47-41-40-43-49-55-61-73(5)6)69-90-77(82)62-56-50-44-37-32-18-16-14-12-10-8-2/h72-76,81H,7-71H2,1-6H3,(H,86,87)(H,88,89)/t74-,75-,76-/m1/s1. The third kappa shape index (κ3) is 74.1. The van der Waals surface area contributed by atoms with Crippen molar-refractivity contribution in [1.29, 1.82) is 0 Å². The summed E-state index contributed by atoms with van der Waals surface area (Å²) in [6.07, 6.45) is 61.2. The van der Waals surface area contributed by atoms with E-state index in [1.165, 1.54) is 238 Å². The first-order chi connectivity index (χ1) is 47.9. The van der Waals surface area contributed by atoms with Crippen molar-refractivity contribution in [2.24, 2.45) is 11.8 Å². The molecule has 0 aliphatic heterocycles. The SMILES string of the molecule is CCCCCCCCCCCCCCCCCCCCCCCCC(=O)O[C@H](COC(=O)CCCCCCCCCCCCCCC(C)C)COP(=O)(O)OC[C@@H](O)COP(=O)(O)OC[C@@H](COC(=O)CCCCCCCCCCCCC)OC(=O)CCCCCCCCCCC(C)C. The molecule has 588 valence electrons. The average molecular weight is 1450 g/mol. The van der Waals surface area contributed by atoms with Crippen LogP contribution in [0.1, 0.15) is 420 Å². The van der Waals surface area contributed by atoms with Crippen LogP contribution in [0, 0.1) is 11.8 Å². The third-order valence-electron chi connectivity index (χ3n) is 18.7. The molecule has 0 rings (SSSR count). The number of esters is 4. The Hall–Kier alpha value is -1.94. The molecule has 0 spiro atoms. The van der Waals surface area contributed by atoms with Crippen LogP contribution in [-0.2, 0) is 65.4 Å². The molecule has 0 aromatic rings. The van der Waals surface area contributed by atoms with Crippen LogP contribution in [-0.4, -0.2) is 96.7 Å². The number of unbranched alkanes of at least 4 members (excludes halogenated alkanes) is 49. The molecule has 3 N–H and O–H groups in total. The van der Waals surface area contributed by atoms with Gasteiger partial charge < -0.3 is 33.8 Å². The van der Waals surface area contributed by atoms with Crippen LogP contribution in [0.25, 0.3) is 0 Å². The van der Waals surface area contributed by atoms with E-state index in [0.29, 0.717) is 25.7 Å². The lowest BCUT2D eigenvalue weighted by Crippen LogP contribution is -2.30. The zero-order valence-corrected chi connectivity index (χ0v) is 66.6. The van der Waals surface area contributed by atoms with Crippen molar-refractivity contribution in [3.63, 3.8) is 0 Å². The lowest BCUT2D eigenvalue weighted by molar-refractivity contribution is -0.161. The molecule has 0 fully saturated rings. The summed E-state index contributed by atoms with van der Waals surface area (Å²) in [6, 6.07) is 0. The predicted molar refractivity (Wildman–Crippen MR) is 405 cm³/mol. The Labute approximate surface area is 607 Å². The quantitative estimate of drug-likeness (QED) is 0.0222. The highest BCUT2D eigenvalue weighted by Gasteiger charge is 2.30. The van der Waals surface area contributed by atoms with Crippen LogP contribution in [0.3, 0.4) is 0 Å². The molecule has 0 saturated carbocycles. The minimum absolute atomic E-state index is 0.105. The Morgan fingerprint density at radius 1 is 0.273 bits per heavy atom. The third-order valence-corrected chi connectivity index (χ3v) is 20.6. The fourth-order valence-electron chi connectivity index (χ4n) is 12.4. The maximum Gasteiger partial charge on any atom is 0.472 e. The van der Waals surface area contributed by atoms with Crippen molar-refractivity contribution < 1.29 is 80.2 Å². The summed E-state index contributed by atoms with van der Waals surface area (Å²) in [4.78, 5) is 72.9. The van der Waals surface area contributed by atoms with E-state index in [9.17, 15) is 43.2 Å². The Balaban J connectivity index is 5.20. The van der Waals surface area contributed by atoms with Crippen molar-refractivity contribution in [3.8, 4) is 0 Å². The van der Waals surface area contributed by atoms with Gasteiger partial charge in [-0.3, -0.25) is 37.3 Å². The number of phosphoric ester groups is 2. The fourth-order valence-corrected chi connectivity index (χ4v) is 13.9. The lowest BCUT2D eigenvalue weighted by atomic mass is 10.0. The smallest absolute Gasteiger partial charge is 0.462 e. The Bertz CT molecular complexity index is 1910. The molecule has 19 heteroatoms. The first-order valence-electron chi connectivity index (χ1n) is 41.5. The molecule has 0 heterocycles. The van der Waals surface area contributed by atoms with Crippen LogP contribution in [0.4, 0.5) is 0 Å². The molecule has 0 amide bonds. The van der Waals surface area contributed by atoms with Crippen LogP contribution < -0.4 is 0 Å². The molecule has 0 aliphatic rings. The monoisotopic (exact) mass is 1450 g/mol. The molecule has 5 atom stereocenters. The van der Waals surface area contributed by atoms with Gasteiger partial charge in [0.2, 0.25) is 0 Å². The van der Waals surface area contributed by atoms with Crippen molar-refractivity contribution >= 4 is 39.5 Å². The largest absolute Gasteiger partial charge is 0.472 e. The zero-order chi connectivity index (χ0) is 72.8. The second-order valence-corrected chi connectivity index (χ2v) is 32.7. The summed E-state index contributed by atoms with van der Waals surface area (Å²) < 4.78 is 68.6. The summed E-state index contributed by atoms with van der Waals surface area (Å²) in [6.45, 7) is 9.59. The van der Waals surface area contributed by atoms with Gasteiger partial charge in [-0.05, 0) is 37.5 Å². The predicted octanol–water partition coefficient (Wildman–Crippen LogP) is 23.9. The molecular weight excluding hydrogens is 1290 g/mol. The number of hydrogen-bond acceptors (Lipinski definition) is 15. The van der Waals surface area contributed by atoms with Crippen LogP contribution >= 0.6 is 15.6 Å². The molecule has 0 saturated heterocycles.